The fourth-order valence-corrected chi connectivity index (χ4v) is 3.93. The van der Waals surface area contributed by atoms with Crippen molar-refractivity contribution in [1.82, 2.24) is 14.8 Å². The number of carbonyl (C=O) groups excluding carboxylic acids is 1. The molecule has 2 aromatic heterocycles. The molecule has 28 heavy (non-hydrogen) atoms. The fourth-order valence-electron chi connectivity index (χ4n) is 3.93. The molecule has 4 rings (SSSR count). The van der Waals surface area contributed by atoms with E-state index < -0.39 is 0 Å². The number of nitrogens with zero attached hydrogens (tertiary/aromatic N) is 4. The first-order valence-corrected chi connectivity index (χ1v) is 9.64. The number of hydrogen-bond acceptors (Lipinski definition) is 6. The van der Waals surface area contributed by atoms with E-state index in [4.69, 9.17) is 4.74 Å². The maximum atomic E-state index is 12.6. The first kappa shape index (κ1) is 18.3. The van der Waals surface area contributed by atoms with Gasteiger partial charge in [-0.05, 0) is 32.4 Å². The highest BCUT2D eigenvalue weighted by Gasteiger charge is 2.30. The lowest BCUT2D eigenvalue weighted by molar-refractivity contribution is 0.0527. The molecule has 7 heteroatoms. The molecule has 1 atom stereocenters. The van der Waals surface area contributed by atoms with E-state index in [0.717, 1.165) is 47.6 Å². The van der Waals surface area contributed by atoms with E-state index in [1.54, 1.807) is 10.9 Å². The lowest BCUT2D eigenvalue weighted by Crippen LogP contribution is -2.27. The highest BCUT2D eigenvalue weighted by Crippen LogP contribution is 2.34. The van der Waals surface area contributed by atoms with Gasteiger partial charge in [-0.1, -0.05) is 18.2 Å². The molecular weight excluding hydrogens is 354 g/mol. The topological polar surface area (TPSA) is 72.3 Å². The molecule has 1 saturated heterocycles. The van der Waals surface area contributed by atoms with Gasteiger partial charge in [0.05, 0.1) is 23.4 Å². The van der Waals surface area contributed by atoms with Gasteiger partial charge < -0.3 is 15.0 Å². The number of para-hydroxylation sites is 1. The number of nitrogens with one attached hydrogen (secondary N) is 1. The number of ether oxygens (including phenoxy) is 1. The minimum Gasteiger partial charge on any atom is -0.462 e. The standard InChI is InChI=1S/C21H25N5O2/c1-4-28-21(27)17-12-22-20-18(14(2)24-25(20)3)19(17)26-11-10-16(13-26)23-15-8-6-5-7-9-15/h5-9,12,16,23H,4,10-11,13H2,1-3H3. The van der Waals surface area contributed by atoms with Gasteiger partial charge in [-0.25, -0.2) is 9.78 Å². The van der Waals surface area contributed by atoms with Crippen molar-refractivity contribution in [3.8, 4) is 0 Å². The number of hydrogen-bond donors (Lipinski definition) is 1. The fraction of sp³-hybridized carbons (Fsp3) is 0.381. The molecule has 1 N–H and O–H groups in total. The molecule has 1 aliphatic heterocycles. The van der Waals surface area contributed by atoms with Crippen LogP contribution in [0.2, 0.25) is 0 Å². The molecule has 1 unspecified atom stereocenters. The summed E-state index contributed by atoms with van der Waals surface area (Å²) in [7, 11) is 1.87. The third-order valence-corrected chi connectivity index (χ3v) is 5.14. The van der Waals surface area contributed by atoms with Crippen molar-refractivity contribution in [2.24, 2.45) is 7.05 Å². The molecular formula is C21H25N5O2. The molecule has 0 aliphatic carbocycles. The number of pyridine rings is 1. The molecule has 0 radical (unpaired) electrons. The largest absolute Gasteiger partial charge is 0.462 e. The van der Waals surface area contributed by atoms with Gasteiger partial charge in [0.15, 0.2) is 5.65 Å². The highest BCUT2D eigenvalue weighted by molar-refractivity contribution is 6.05. The van der Waals surface area contributed by atoms with E-state index in [1.807, 2.05) is 39.1 Å². The number of fused-ring (bicyclic) bond motifs is 1. The van der Waals surface area contributed by atoms with Crippen LogP contribution >= 0.6 is 0 Å². The van der Waals surface area contributed by atoms with Crippen LogP contribution in [0.3, 0.4) is 0 Å². The van der Waals surface area contributed by atoms with Crippen molar-refractivity contribution >= 4 is 28.4 Å². The Morgan fingerprint density at radius 1 is 1.32 bits per heavy atom. The monoisotopic (exact) mass is 379 g/mol. The van der Waals surface area contributed by atoms with Crippen molar-refractivity contribution in [1.29, 1.82) is 0 Å². The van der Waals surface area contributed by atoms with Crippen LogP contribution in [0.4, 0.5) is 11.4 Å². The van der Waals surface area contributed by atoms with Crippen LogP contribution in [-0.2, 0) is 11.8 Å². The summed E-state index contributed by atoms with van der Waals surface area (Å²) in [5, 5.41) is 9.03. The van der Waals surface area contributed by atoms with Crippen LogP contribution in [0.15, 0.2) is 36.5 Å². The van der Waals surface area contributed by atoms with Gasteiger partial charge >= 0.3 is 5.97 Å². The van der Waals surface area contributed by atoms with Gasteiger partial charge in [0, 0.05) is 38.1 Å². The average molecular weight is 379 g/mol. The van der Waals surface area contributed by atoms with E-state index in [1.165, 1.54) is 0 Å². The lowest BCUT2D eigenvalue weighted by atomic mass is 10.1. The zero-order chi connectivity index (χ0) is 19.7. The normalized spacial score (nSPS) is 16.5. The third-order valence-electron chi connectivity index (χ3n) is 5.14. The average Bonchev–Trinajstić information content (AvgIpc) is 3.26. The molecule has 3 heterocycles. The molecule has 0 bridgehead atoms. The quantitative estimate of drug-likeness (QED) is 0.687. The molecule has 1 aromatic carbocycles. The summed E-state index contributed by atoms with van der Waals surface area (Å²) in [6.45, 7) is 5.76. The zero-order valence-corrected chi connectivity index (χ0v) is 16.5. The maximum Gasteiger partial charge on any atom is 0.341 e. The van der Waals surface area contributed by atoms with Crippen LogP contribution < -0.4 is 10.2 Å². The summed E-state index contributed by atoms with van der Waals surface area (Å²) in [5.74, 6) is -0.338. The van der Waals surface area contributed by atoms with Crippen LogP contribution in [-0.4, -0.2) is 46.5 Å². The van der Waals surface area contributed by atoms with Crippen LogP contribution in [0.25, 0.3) is 11.0 Å². The maximum absolute atomic E-state index is 12.6. The molecule has 3 aromatic rings. The lowest BCUT2D eigenvalue weighted by Gasteiger charge is -2.23. The predicted molar refractivity (Wildman–Crippen MR) is 110 cm³/mol. The Morgan fingerprint density at radius 3 is 2.86 bits per heavy atom. The Morgan fingerprint density at radius 2 is 2.11 bits per heavy atom. The van der Waals surface area contributed by atoms with E-state index in [0.29, 0.717) is 18.2 Å². The highest BCUT2D eigenvalue weighted by atomic mass is 16.5. The SMILES string of the molecule is CCOC(=O)c1cnc2c(c(C)nn2C)c1N1CCC(Nc2ccccc2)C1. The molecule has 1 aliphatic rings. The number of aryl methyl sites for hydroxylation is 2. The second kappa shape index (κ2) is 7.50. The number of aromatic nitrogens is 3. The zero-order valence-electron chi connectivity index (χ0n) is 16.5. The summed E-state index contributed by atoms with van der Waals surface area (Å²) < 4.78 is 7.06. The Labute approximate surface area is 164 Å². The first-order chi connectivity index (χ1) is 13.6. The summed E-state index contributed by atoms with van der Waals surface area (Å²) in [6, 6.07) is 10.5. The Balaban J connectivity index is 1.70. The van der Waals surface area contributed by atoms with Crippen molar-refractivity contribution < 1.29 is 9.53 Å². The minimum absolute atomic E-state index is 0.303. The van der Waals surface area contributed by atoms with Crippen molar-refractivity contribution in [3.63, 3.8) is 0 Å². The second-order valence-corrected chi connectivity index (χ2v) is 7.09. The van der Waals surface area contributed by atoms with Gasteiger partial charge in [0.25, 0.3) is 0 Å². The van der Waals surface area contributed by atoms with Crippen molar-refractivity contribution in [3.05, 3.63) is 47.8 Å². The van der Waals surface area contributed by atoms with Crippen LogP contribution in [0.5, 0.6) is 0 Å². The molecule has 1 fully saturated rings. The van der Waals surface area contributed by atoms with Gasteiger partial charge in [-0.15, -0.1) is 0 Å². The van der Waals surface area contributed by atoms with E-state index in [9.17, 15) is 4.79 Å². The molecule has 0 saturated carbocycles. The number of carbonyl (C=O) groups is 1. The molecule has 146 valence electrons. The summed E-state index contributed by atoms with van der Waals surface area (Å²) in [5.41, 5.74) is 4.14. The first-order valence-electron chi connectivity index (χ1n) is 9.64. The van der Waals surface area contributed by atoms with E-state index >= 15 is 0 Å². The molecule has 0 spiro atoms. The number of esters is 1. The molecule has 7 nitrogen and oxygen atoms in total. The number of anilines is 2. The second-order valence-electron chi connectivity index (χ2n) is 7.09. The number of rotatable bonds is 5. The van der Waals surface area contributed by atoms with Crippen molar-refractivity contribution in [2.45, 2.75) is 26.3 Å². The third kappa shape index (κ3) is 3.28. The van der Waals surface area contributed by atoms with Crippen molar-refractivity contribution in [2.75, 3.05) is 29.9 Å². The minimum atomic E-state index is -0.338. The Kier molecular flexibility index (Phi) is 4.90. The number of benzene rings is 1. The predicted octanol–water partition coefficient (Wildman–Crippen LogP) is 3.14. The summed E-state index contributed by atoms with van der Waals surface area (Å²) in [6.07, 6.45) is 2.61. The van der Waals surface area contributed by atoms with Gasteiger partial charge in [-0.2, -0.15) is 5.10 Å². The van der Waals surface area contributed by atoms with Gasteiger partial charge in [-0.3, -0.25) is 4.68 Å². The Hall–Kier alpha value is -3.09. The smallest absolute Gasteiger partial charge is 0.341 e. The van der Waals surface area contributed by atoms with Gasteiger partial charge in [0.2, 0.25) is 0 Å². The Bertz CT molecular complexity index is 999. The molecule has 0 amide bonds. The van der Waals surface area contributed by atoms with Gasteiger partial charge in [0.1, 0.15) is 5.56 Å². The van der Waals surface area contributed by atoms with E-state index in [-0.39, 0.29) is 5.97 Å². The van der Waals surface area contributed by atoms with E-state index in [2.05, 4.69) is 32.4 Å². The summed E-state index contributed by atoms with van der Waals surface area (Å²) in [4.78, 5) is 19.4. The van der Waals surface area contributed by atoms with Crippen LogP contribution in [0.1, 0.15) is 29.4 Å². The summed E-state index contributed by atoms with van der Waals surface area (Å²) >= 11 is 0. The van der Waals surface area contributed by atoms with Crippen LogP contribution in [0, 0.1) is 6.92 Å².